The zero-order valence-electron chi connectivity index (χ0n) is 10.7. The molecule has 0 saturated heterocycles. The number of hydrogen-bond donors (Lipinski definition) is 1. The molecule has 0 spiro atoms. The lowest BCUT2D eigenvalue weighted by atomic mass is 10.1. The summed E-state index contributed by atoms with van der Waals surface area (Å²) >= 11 is 1.64. The van der Waals surface area contributed by atoms with Crippen LogP contribution in [0.5, 0.6) is 0 Å². The van der Waals surface area contributed by atoms with Gasteiger partial charge in [0, 0.05) is 24.5 Å². The monoisotopic (exact) mass is 283 g/mol. The maximum Gasteiger partial charge on any atom is 0.249 e. The average molecular weight is 283 g/mol. The molecule has 4 nitrogen and oxygen atoms in total. The van der Waals surface area contributed by atoms with E-state index >= 15 is 0 Å². The van der Waals surface area contributed by atoms with Gasteiger partial charge in [-0.3, -0.25) is 4.79 Å². The molecule has 1 amide bonds. The molecule has 0 aliphatic carbocycles. The SMILES string of the molecule is NC(=O)c1ccccc1Cn1ccnc1-c1cccs1. The van der Waals surface area contributed by atoms with Gasteiger partial charge in [-0.2, -0.15) is 0 Å². The molecule has 100 valence electrons. The minimum absolute atomic E-state index is 0.404. The van der Waals surface area contributed by atoms with Crippen molar-refractivity contribution in [3.63, 3.8) is 0 Å². The molecule has 1 aromatic carbocycles. The quantitative estimate of drug-likeness (QED) is 0.800. The Labute approximate surface area is 120 Å². The van der Waals surface area contributed by atoms with Crippen LogP contribution >= 0.6 is 11.3 Å². The molecule has 2 N–H and O–H groups in total. The molecule has 0 radical (unpaired) electrons. The van der Waals surface area contributed by atoms with Gasteiger partial charge >= 0.3 is 0 Å². The van der Waals surface area contributed by atoms with Crippen LogP contribution in [0.3, 0.4) is 0 Å². The molecule has 5 heteroatoms. The molecule has 3 aromatic rings. The van der Waals surface area contributed by atoms with Crippen molar-refractivity contribution in [1.82, 2.24) is 9.55 Å². The molecule has 2 heterocycles. The average Bonchev–Trinajstić information content (AvgIpc) is 3.09. The Morgan fingerprint density at radius 2 is 2.10 bits per heavy atom. The second-order valence-corrected chi connectivity index (χ2v) is 5.33. The fourth-order valence-electron chi connectivity index (χ4n) is 2.15. The summed E-state index contributed by atoms with van der Waals surface area (Å²) in [5, 5.41) is 2.02. The number of nitrogens with two attached hydrogens (primary N) is 1. The Morgan fingerprint density at radius 1 is 1.25 bits per heavy atom. The van der Waals surface area contributed by atoms with Crippen molar-refractivity contribution in [3.8, 4) is 10.7 Å². The van der Waals surface area contributed by atoms with Crippen molar-refractivity contribution in [2.24, 2.45) is 5.73 Å². The van der Waals surface area contributed by atoms with E-state index in [0.29, 0.717) is 12.1 Å². The Balaban J connectivity index is 1.97. The van der Waals surface area contributed by atoms with Gasteiger partial charge in [-0.15, -0.1) is 11.3 Å². The molecule has 0 atom stereocenters. The summed E-state index contributed by atoms with van der Waals surface area (Å²) in [6.45, 7) is 0.576. The molecular weight excluding hydrogens is 270 g/mol. The summed E-state index contributed by atoms with van der Waals surface area (Å²) in [6.07, 6.45) is 3.68. The summed E-state index contributed by atoms with van der Waals surface area (Å²) in [4.78, 5) is 17.0. The molecule has 0 fully saturated rings. The van der Waals surface area contributed by atoms with Gasteiger partial charge in [0.2, 0.25) is 5.91 Å². The van der Waals surface area contributed by atoms with E-state index in [1.807, 2.05) is 46.5 Å². The van der Waals surface area contributed by atoms with Crippen LogP contribution in [0.15, 0.2) is 54.2 Å². The lowest BCUT2D eigenvalue weighted by Crippen LogP contribution is -2.15. The fraction of sp³-hybridized carbons (Fsp3) is 0.0667. The van der Waals surface area contributed by atoms with Crippen molar-refractivity contribution in [2.45, 2.75) is 6.54 Å². The van der Waals surface area contributed by atoms with E-state index in [1.165, 1.54) is 0 Å². The molecule has 2 aromatic heterocycles. The zero-order valence-corrected chi connectivity index (χ0v) is 11.5. The van der Waals surface area contributed by atoms with E-state index < -0.39 is 5.91 Å². The van der Waals surface area contributed by atoms with Gasteiger partial charge in [0.1, 0.15) is 5.82 Å². The third-order valence-electron chi connectivity index (χ3n) is 3.08. The number of carbonyl (C=O) groups excluding carboxylic acids is 1. The number of thiophene rings is 1. The van der Waals surface area contributed by atoms with Crippen molar-refractivity contribution < 1.29 is 4.79 Å². The number of hydrogen-bond acceptors (Lipinski definition) is 3. The third kappa shape index (κ3) is 2.35. The van der Waals surface area contributed by atoms with Crippen LogP contribution in [-0.4, -0.2) is 15.5 Å². The first-order valence-corrected chi connectivity index (χ1v) is 7.06. The molecular formula is C15H13N3OS. The summed E-state index contributed by atoms with van der Waals surface area (Å²) in [5.41, 5.74) is 6.87. The van der Waals surface area contributed by atoms with Crippen molar-refractivity contribution in [3.05, 3.63) is 65.3 Å². The van der Waals surface area contributed by atoms with Crippen LogP contribution in [0.25, 0.3) is 10.7 Å². The Bertz CT molecular complexity index is 731. The number of amides is 1. The normalized spacial score (nSPS) is 10.6. The Kier molecular flexibility index (Phi) is 3.35. The van der Waals surface area contributed by atoms with E-state index in [0.717, 1.165) is 16.3 Å². The predicted octanol–water partition coefficient (Wildman–Crippen LogP) is 2.76. The first-order chi connectivity index (χ1) is 9.75. The van der Waals surface area contributed by atoms with Crippen LogP contribution < -0.4 is 5.73 Å². The largest absolute Gasteiger partial charge is 0.366 e. The first-order valence-electron chi connectivity index (χ1n) is 6.18. The van der Waals surface area contributed by atoms with Gasteiger partial charge in [-0.05, 0) is 23.1 Å². The minimum Gasteiger partial charge on any atom is -0.366 e. The lowest BCUT2D eigenvalue weighted by molar-refractivity contribution is 0.0999. The van der Waals surface area contributed by atoms with E-state index in [2.05, 4.69) is 4.98 Å². The van der Waals surface area contributed by atoms with Crippen LogP contribution in [0.1, 0.15) is 15.9 Å². The summed E-state index contributed by atoms with van der Waals surface area (Å²) in [7, 11) is 0. The number of imidazole rings is 1. The predicted molar refractivity (Wildman–Crippen MR) is 79.6 cm³/mol. The van der Waals surface area contributed by atoms with E-state index in [4.69, 9.17) is 5.73 Å². The van der Waals surface area contributed by atoms with Crippen molar-refractivity contribution >= 4 is 17.2 Å². The van der Waals surface area contributed by atoms with Crippen LogP contribution in [0.4, 0.5) is 0 Å². The van der Waals surface area contributed by atoms with Crippen LogP contribution in [0, 0.1) is 0 Å². The highest BCUT2D eigenvalue weighted by atomic mass is 32.1. The minimum atomic E-state index is -0.404. The maximum absolute atomic E-state index is 11.5. The molecule has 0 saturated carbocycles. The number of carbonyl (C=O) groups is 1. The van der Waals surface area contributed by atoms with Crippen LogP contribution in [-0.2, 0) is 6.54 Å². The second-order valence-electron chi connectivity index (χ2n) is 4.38. The summed E-state index contributed by atoms with van der Waals surface area (Å²) in [5.74, 6) is 0.498. The summed E-state index contributed by atoms with van der Waals surface area (Å²) < 4.78 is 2.02. The molecule has 0 aliphatic heterocycles. The molecule has 0 unspecified atom stereocenters. The third-order valence-corrected chi connectivity index (χ3v) is 3.95. The Hall–Kier alpha value is -2.40. The van der Waals surface area contributed by atoms with Crippen molar-refractivity contribution in [2.75, 3.05) is 0 Å². The van der Waals surface area contributed by atoms with Gasteiger partial charge in [0.05, 0.1) is 4.88 Å². The standard InChI is InChI=1S/C15H13N3OS/c16-14(19)12-5-2-1-4-11(12)10-18-8-7-17-15(18)13-6-3-9-20-13/h1-9H,10H2,(H2,16,19). The number of benzene rings is 1. The smallest absolute Gasteiger partial charge is 0.249 e. The van der Waals surface area contributed by atoms with E-state index in [1.54, 1.807) is 23.6 Å². The fourth-order valence-corrected chi connectivity index (χ4v) is 2.89. The number of rotatable bonds is 4. The molecule has 20 heavy (non-hydrogen) atoms. The van der Waals surface area contributed by atoms with Gasteiger partial charge < -0.3 is 10.3 Å². The number of aromatic nitrogens is 2. The van der Waals surface area contributed by atoms with Gasteiger partial charge in [-0.1, -0.05) is 24.3 Å². The molecule has 3 rings (SSSR count). The highest BCUT2D eigenvalue weighted by Gasteiger charge is 2.11. The highest BCUT2D eigenvalue weighted by Crippen LogP contribution is 2.24. The Morgan fingerprint density at radius 3 is 2.85 bits per heavy atom. The lowest BCUT2D eigenvalue weighted by Gasteiger charge is -2.09. The first kappa shape index (κ1) is 12.6. The maximum atomic E-state index is 11.5. The van der Waals surface area contributed by atoms with E-state index in [-0.39, 0.29) is 0 Å². The molecule has 0 aliphatic rings. The highest BCUT2D eigenvalue weighted by molar-refractivity contribution is 7.13. The number of nitrogens with zero attached hydrogens (tertiary/aromatic N) is 2. The zero-order chi connectivity index (χ0) is 13.9. The topological polar surface area (TPSA) is 60.9 Å². The van der Waals surface area contributed by atoms with Crippen molar-refractivity contribution in [1.29, 1.82) is 0 Å². The number of primary amides is 1. The summed E-state index contributed by atoms with van der Waals surface area (Å²) in [6, 6.07) is 11.4. The second kappa shape index (κ2) is 5.30. The van der Waals surface area contributed by atoms with Crippen LogP contribution in [0.2, 0.25) is 0 Å². The van der Waals surface area contributed by atoms with E-state index in [9.17, 15) is 4.79 Å². The van der Waals surface area contributed by atoms with Gasteiger partial charge in [0.15, 0.2) is 0 Å². The van der Waals surface area contributed by atoms with Gasteiger partial charge in [-0.25, -0.2) is 4.98 Å². The molecule has 0 bridgehead atoms. The van der Waals surface area contributed by atoms with Gasteiger partial charge in [0.25, 0.3) is 0 Å².